The number of nitrogens with one attached hydrogen (secondary N) is 1. The molecule has 2 aliphatic heterocycles. The van der Waals surface area contributed by atoms with Crippen molar-refractivity contribution in [3.63, 3.8) is 0 Å². The lowest BCUT2D eigenvalue weighted by Gasteiger charge is -2.36. The number of carbonyl (C=O) groups is 1. The minimum absolute atomic E-state index is 0.0936. The molecular weight excluding hydrogens is 494 g/mol. The smallest absolute Gasteiger partial charge is 0.307 e. The van der Waals surface area contributed by atoms with E-state index in [1.807, 2.05) is 4.68 Å². The second kappa shape index (κ2) is 13.0. The first-order valence-corrected chi connectivity index (χ1v) is 14.2. The zero-order chi connectivity index (χ0) is 27.2. The molecule has 5 rings (SSSR count). The average molecular weight is 536 g/mol. The third kappa shape index (κ3) is 6.66. The van der Waals surface area contributed by atoms with Crippen LogP contribution >= 0.6 is 0 Å². The molecule has 1 unspecified atom stereocenters. The molecule has 0 saturated carbocycles. The quantitative estimate of drug-likeness (QED) is 0.295. The highest BCUT2D eigenvalue weighted by molar-refractivity contribution is 5.80. The van der Waals surface area contributed by atoms with Crippen molar-refractivity contribution in [2.24, 2.45) is 0 Å². The lowest BCUT2D eigenvalue weighted by molar-refractivity contribution is -0.142. The number of ether oxygens (including phenoxy) is 3. The Morgan fingerprint density at radius 2 is 1.95 bits per heavy atom. The zero-order valence-corrected chi connectivity index (χ0v) is 23.4. The largest absolute Gasteiger partial charge is 0.469 e. The SMILES string of the molecule is COC(=O)CC(c1ccc2c(nnn2CCOCCOC2CCNCC2)c1C)N1CCc2ccc(C)cc2C1. The molecule has 0 spiro atoms. The standard InChI is InChI=1S/C30H41N5O4/c1-21-4-5-23-10-13-34(20-24(23)18-21)28(19-29(36)37-3)26-6-7-27-30(22(26)2)32-33-35(27)14-15-38-16-17-39-25-8-11-31-12-9-25/h4-7,18,25,28,31H,8-17,19-20H2,1-3H3. The molecule has 1 saturated heterocycles. The minimum atomic E-state index is -0.209. The molecule has 0 amide bonds. The maximum absolute atomic E-state index is 12.5. The van der Waals surface area contributed by atoms with Gasteiger partial charge in [-0.15, -0.1) is 5.10 Å². The van der Waals surface area contributed by atoms with Crippen molar-refractivity contribution in [3.8, 4) is 0 Å². The highest BCUT2D eigenvalue weighted by atomic mass is 16.5. The number of aryl methyl sites for hydroxylation is 2. The van der Waals surface area contributed by atoms with Crippen LogP contribution in [0.3, 0.4) is 0 Å². The van der Waals surface area contributed by atoms with Crippen LogP contribution in [0.2, 0.25) is 0 Å². The predicted octanol–water partition coefficient (Wildman–Crippen LogP) is 3.50. The molecule has 2 aromatic carbocycles. The van der Waals surface area contributed by atoms with Crippen molar-refractivity contribution in [1.82, 2.24) is 25.2 Å². The van der Waals surface area contributed by atoms with Gasteiger partial charge in [0.25, 0.3) is 0 Å². The van der Waals surface area contributed by atoms with Gasteiger partial charge in [-0.05, 0) is 74.5 Å². The van der Waals surface area contributed by atoms with Gasteiger partial charge in [0.2, 0.25) is 0 Å². The molecule has 0 aliphatic carbocycles. The molecule has 9 heteroatoms. The Labute approximate surface area is 230 Å². The fraction of sp³-hybridized carbons (Fsp3) is 0.567. The van der Waals surface area contributed by atoms with Gasteiger partial charge in [0.05, 0.1) is 51.5 Å². The van der Waals surface area contributed by atoms with Crippen LogP contribution in [-0.2, 0) is 38.5 Å². The van der Waals surface area contributed by atoms with Crippen molar-refractivity contribution < 1.29 is 19.0 Å². The highest BCUT2D eigenvalue weighted by Gasteiger charge is 2.29. The second-order valence-corrected chi connectivity index (χ2v) is 10.7. The van der Waals surface area contributed by atoms with Gasteiger partial charge < -0.3 is 19.5 Å². The maximum atomic E-state index is 12.5. The van der Waals surface area contributed by atoms with Crippen LogP contribution in [-0.4, -0.2) is 78.5 Å². The number of hydrogen-bond donors (Lipinski definition) is 1. The molecule has 2 aliphatic rings. The van der Waals surface area contributed by atoms with Crippen molar-refractivity contribution in [3.05, 3.63) is 58.1 Å². The number of rotatable bonds is 11. The number of nitrogens with zero attached hydrogens (tertiary/aromatic N) is 4. The molecule has 210 valence electrons. The molecular formula is C30H41N5O4. The molecule has 1 fully saturated rings. The summed E-state index contributed by atoms with van der Waals surface area (Å²) in [7, 11) is 1.46. The van der Waals surface area contributed by atoms with Gasteiger partial charge in [-0.25, -0.2) is 4.68 Å². The van der Waals surface area contributed by atoms with Crippen LogP contribution in [0, 0.1) is 13.8 Å². The fourth-order valence-corrected chi connectivity index (χ4v) is 5.85. The van der Waals surface area contributed by atoms with Crippen molar-refractivity contribution in [2.45, 2.75) is 64.8 Å². The molecule has 1 N–H and O–H groups in total. The summed E-state index contributed by atoms with van der Waals surface area (Å²) in [6.45, 7) is 10.3. The number of carbonyl (C=O) groups excluding carboxylic acids is 1. The maximum Gasteiger partial charge on any atom is 0.307 e. The Kier molecular flexibility index (Phi) is 9.24. The summed E-state index contributed by atoms with van der Waals surface area (Å²) in [6.07, 6.45) is 3.74. The minimum Gasteiger partial charge on any atom is -0.469 e. The van der Waals surface area contributed by atoms with Crippen molar-refractivity contribution in [2.75, 3.05) is 46.6 Å². The van der Waals surface area contributed by atoms with E-state index in [4.69, 9.17) is 14.2 Å². The zero-order valence-electron chi connectivity index (χ0n) is 23.4. The third-order valence-electron chi connectivity index (χ3n) is 8.09. The average Bonchev–Trinajstić information content (AvgIpc) is 3.38. The summed E-state index contributed by atoms with van der Waals surface area (Å²) >= 11 is 0. The van der Waals surface area contributed by atoms with Gasteiger partial charge in [0.1, 0.15) is 5.52 Å². The molecule has 3 heterocycles. The van der Waals surface area contributed by atoms with E-state index in [0.717, 1.165) is 67.6 Å². The van der Waals surface area contributed by atoms with E-state index in [0.29, 0.717) is 38.9 Å². The van der Waals surface area contributed by atoms with Crippen LogP contribution in [0.15, 0.2) is 30.3 Å². The first kappa shape index (κ1) is 27.7. The first-order valence-electron chi connectivity index (χ1n) is 14.2. The Morgan fingerprint density at radius 1 is 1.10 bits per heavy atom. The van der Waals surface area contributed by atoms with Crippen LogP contribution in [0.25, 0.3) is 11.0 Å². The van der Waals surface area contributed by atoms with Crippen molar-refractivity contribution >= 4 is 17.0 Å². The number of aromatic nitrogens is 3. The lowest BCUT2D eigenvalue weighted by atomic mass is 9.92. The third-order valence-corrected chi connectivity index (χ3v) is 8.09. The van der Waals surface area contributed by atoms with Gasteiger partial charge in [0.15, 0.2) is 0 Å². The summed E-state index contributed by atoms with van der Waals surface area (Å²) in [5, 5.41) is 12.3. The number of benzene rings is 2. The predicted molar refractivity (Wildman–Crippen MR) is 150 cm³/mol. The van der Waals surface area contributed by atoms with Crippen molar-refractivity contribution in [1.29, 1.82) is 0 Å². The summed E-state index contributed by atoms with van der Waals surface area (Å²) < 4.78 is 18.7. The van der Waals surface area contributed by atoms with Crippen LogP contribution in [0.1, 0.15) is 53.1 Å². The Bertz CT molecular complexity index is 1270. The van der Waals surface area contributed by atoms with Gasteiger partial charge >= 0.3 is 5.97 Å². The summed E-state index contributed by atoms with van der Waals surface area (Å²) in [6, 6.07) is 10.8. The van der Waals surface area contributed by atoms with Gasteiger partial charge in [0, 0.05) is 19.1 Å². The number of esters is 1. The van der Waals surface area contributed by atoms with Crippen LogP contribution in [0.4, 0.5) is 0 Å². The monoisotopic (exact) mass is 535 g/mol. The van der Waals surface area contributed by atoms with Gasteiger partial charge in [-0.3, -0.25) is 9.69 Å². The molecule has 39 heavy (non-hydrogen) atoms. The van der Waals surface area contributed by atoms with E-state index in [1.165, 1.54) is 23.8 Å². The Balaban J connectivity index is 1.25. The van der Waals surface area contributed by atoms with E-state index in [1.54, 1.807) is 0 Å². The fourth-order valence-electron chi connectivity index (χ4n) is 5.85. The lowest BCUT2D eigenvalue weighted by Crippen LogP contribution is -2.36. The summed E-state index contributed by atoms with van der Waals surface area (Å²) in [4.78, 5) is 14.9. The highest BCUT2D eigenvalue weighted by Crippen LogP contribution is 2.34. The van der Waals surface area contributed by atoms with E-state index in [-0.39, 0.29) is 12.0 Å². The molecule has 0 radical (unpaired) electrons. The number of piperidine rings is 1. The molecule has 0 bridgehead atoms. The normalized spacial score (nSPS) is 17.3. The topological polar surface area (TPSA) is 90.7 Å². The number of methoxy groups -OCH3 is 1. The van der Waals surface area contributed by atoms with Crippen LogP contribution in [0.5, 0.6) is 0 Å². The van der Waals surface area contributed by atoms with E-state index < -0.39 is 0 Å². The number of fused-ring (bicyclic) bond motifs is 2. The van der Waals surface area contributed by atoms with Gasteiger partial charge in [-0.1, -0.05) is 35.0 Å². The molecule has 3 aromatic rings. The van der Waals surface area contributed by atoms with E-state index in [9.17, 15) is 4.79 Å². The summed E-state index contributed by atoms with van der Waals surface area (Å²) in [5.74, 6) is -0.209. The van der Waals surface area contributed by atoms with Gasteiger partial charge in [-0.2, -0.15) is 0 Å². The summed E-state index contributed by atoms with van der Waals surface area (Å²) in [5.41, 5.74) is 7.98. The van der Waals surface area contributed by atoms with Crippen LogP contribution < -0.4 is 5.32 Å². The first-order chi connectivity index (χ1) is 19.0. The Morgan fingerprint density at radius 3 is 2.77 bits per heavy atom. The Hall–Kier alpha value is -2.85. The molecule has 1 aromatic heterocycles. The van der Waals surface area contributed by atoms with E-state index in [2.05, 4.69) is 64.7 Å². The molecule has 9 nitrogen and oxygen atoms in total. The second-order valence-electron chi connectivity index (χ2n) is 10.7. The number of hydrogen-bond acceptors (Lipinski definition) is 8. The molecule has 1 atom stereocenters. The van der Waals surface area contributed by atoms with E-state index >= 15 is 0 Å².